The predicted molar refractivity (Wildman–Crippen MR) is 95.0 cm³/mol. The van der Waals surface area contributed by atoms with Gasteiger partial charge in [-0.15, -0.1) is 0 Å². The van der Waals surface area contributed by atoms with Gasteiger partial charge in [0.15, 0.2) is 0 Å². The number of aryl methyl sites for hydroxylation is 1. The molecule has 27 heavy (non-hydrogen) atoms. The maximum atomic E-state index is 12.8. The Kier molecular flexibility index (Phi) is 6.21. The molecule has 152 valence electrons. The second-order valence-electron chi connectivity index (χ2n) is 7.97. The minimum absolute atomic E-state index is 0.130. The van der Waals surface area contributed by atoms with Gasteiger partial charge < -0.3 is 15.4 Å². The van der Waals surface area contributed by atoms with Crippen LogP contribution in [0.1, 0.15) is 57.1 Å². The number of anilines is 1. The summed E-state index contributed by atoms with van der Waals surface area (Å²) in [4.78, 5) is 20.9. The smallest absolute Gasteiger partial charge is 0.444 e. The summed E-state index contributed by atoms with van der Waals surface area (Å²) in [7, 11) is 0. The number of hydrogen-bond acceptors (Lipinski definition) is 5. The third kappa shape index (κ3) is 5.97. The molecule has 1 aliphatic rings. The third-order valence-electron chi connectivity index (χ3n) is 4.47. The Hall–Kier alpha value is -2.06. The first kappa shape index (κ1) is 21.2. The molecule has 0 spiro atoms. The molecule has 0 radical (unpaired) electrons. The number of nitrogens with zero attached hydrogens (tertiary/aromatic N) is 3. The van der Waals surface area contributed by atoms with Crippen molar-refractivity contribution in [1.29, 1.82) is 0 Å². The van der Waals surface area contributed by atoms with E-state index in [9.17, 15) is 18.0 Å². The Morgan fingerprint density at radius 1 is 1.30 bits per heavy atom. The van der Waals surface area contributed by atoms with Gasteiger partial charge in [-0.25, -0.2) is 14.8 Å². The van der Waals surface area contributed by atoms with Crippen LogP contribution in [0.2, 0.25) is 0 Å². The molecule has 1 saturated heterocycles. The minimum atomic E-state index is -4.62. The third-order valence-corrected chi connectivity index (χ3v) is 4.47. The molecule has 0 saturated carbocycles. The summed E-state index contributed by atoms with van der Waals surface area (Å²) >= 11 is 0. The fourth-order valence-electron chi connectivity index (χ4n) is 3.20. The van der Waals surface area contributed by atoms with E-state index in [1.54, 1.807) is 4.90 Å². The number of alkyl halides is 3. The standard InChI is InChI=1S/C18H27F3N4O2/c1-11-13(14(22)24-15(23-11)18(19,20)21)8-7-12-6-5-9-25(10-12)16(26)27-17(2,3)4/h12H,5-10H2,1-4H3,(H2,22,23,24). The van der Waals surface area contributed by atoms with Crippen molar-refractivity contribution in [3.8, 4) is 0 Å². The summed E-state index contributed by atoms with van der Waals surface area (Å²) in [6.45, 7) is 8.19. The van der Waals surface area contributed by atoms with Crippen LogP contribution in [-0.4, -0.2) is 39.7 Å². The number of rotatable bonds is 3. The molecular formula is C18H27F3N4O2. The molecule has 2 rings (SSSR count). The first-order valence-corrected chi connectivity index (χ1v) is 9.05. The van der Waals surface area contributed by atoms with E-state index >= 15 is 0 Å². The van der Waals surface area contributed by atoms with Crippen LogP contribution in [0.25, 0.3) is 0 Å². The van der Waals surface area contributed by atoms with Gasteiger partial charge in [0.2, 0.25) is 5.82 Å². The van der Waals surface area contributed by atoms with Crippen LogP contribution in [0.4, 0.5) is 23.8 Å². The molecule has 0 bridgehead atoms. The Bertz CT molecular complexity index is 663. The van der Waals surface area contributed by atoms with E-state index in [-0.39, 0.29) is 23.5 Å². The number of aromatic nitrogens is 2. The van der Waals surface area contributed by atoms with Gasteiger partial charge in [-0.05, 0) is 59.3 Å². The average molecular weight is 388 g/mol. The van der Waals surface area contributed by atoms with Crippen LogP contribution >= 0.6 is 0 Å². The number of nitrogen functional groups attached to an aromatic ring is 1. The highest BCUT2D eigenvalue weighted by molar-refractivity contribution is 5.68. The minimum Gasteiger partial charge on any atom is -0.444 e. The van der Waals surface area contributed by atoms with Gasteiger partial charge in [-0.2, -0.15) is 13.2 Å². The Morgan fingerprint density at radius 2 is 1.96 bits per heavy atom. The monoisotopic (exact) mass is 388 g/mol. The Balaban J connectivity index is 1.99. The number of carbonyl (C=O) groups is 1. The number of amides is 1. The van der Waals surface area contributed by atoms with Crippen LogP contribution in [0.5, 0.6) is 0 Å². The first-order chi connectivity index (χ1) is 12.4. The maximum Gasteiger partial charge on any atom is 0.451 e. The van der Waals surface area contributed by atoms with Crippen molar-refractivity contribution in [3.05, 3.63) is 17.1 Å². The van der Waals surface area contributed by atoms with E-state index in [0.717, 1.165) is 12.8 Å². The predicted octanol–water partition coefficient (Wildman–Crippen LogP) is 3.97. The highest BCUT2D eigenvalue weighted by atomic mass is 19.4. The van der Waals surface area contributed by atoms with E-state index in [2.05, 4.69) is 9.97 Å². The Morgan fingerprint density at radius 3 is 2.52 bits per heavy atom. The molecule has 6 nitrogen and oxygen atoms in total. The lowest BCUT2D eigenvalue weighted by atomic mass is 9.91. The Labute approximate surface area is 157 Å². The van der Waals surface area contributed by atoms with Crippen molar-refractivity contribution in [2.24, 2.45) is 5.92 Å². The number of likely N-dealkylation sites (tertiary alicyclic amines) is 1. The summed E-state index contributed by atoms with van der Waals surface area (Å²) in [5.74, 6) is -1.11. The molecule has 0 aromatic carbocycles. The zero-order valence-electron chi connectivity index (χ0n) is 16.2. The molecule has 2 N–H and O–H groups in total. The summed E-state index contributed by atoms with van der Waals surface area (Å²) in [6, 6.07) is 0. The number of halogens is 3. The highest BCUT2D eigenvalue weighted by Crippen LogP contribution is 2.30. The number of piperidine rings is 1. The van der Waals surface area contributed by atoms with Gasteiger partial charge in [0.25, 0.3) is 0 Å². The highest BCUT2D eigenvalue weighted by Gasteiger charge is 2.36. The van der Waals surface area contributed by atoms with Crippen molar-refractivity contribution in [2.75, 3.05) is 18.8 Å². The van der Waals surface area contributed by atoms with Crippen molar-refractivity contribution in [3.63, 3.8) is 0 Å². The number of hydrogen-bond donors (Lipinski definition) is 1. The summed E-state index contributed by atoms with van der Waals surface area (Å²) in [5, 5.41) is 0. The topological polar surface area (TPSA) is 81.3 Å². The van der Waals surface area contributed by atoms with Crippen LogP contribution in [0.15, 0.2) is 0 Å². The molecule has 1 aromatic rings. The van der Waals surface area contributed by atoms with Crippen LogP contribution in [0.3, 0.4) is 0 Å². The van der Waals surface area contributed by atoms with E-state index in [1.807, 2.05) is 20.8 Å². The number of carbonyl (C=O) groups excluding carboxylic acids is 1. The first-order valence-electron chi connectivity index (χ1n) is 9.05. The second-order valence-corrected chi connectivity index (χ2v) is 7.97. The molecule has 1 amide bonds. The SMILES string of the molecule is Cc1nc(C(F)(F)F)nc(N)c1CCC1CCCN(C(=O)OC(C)(C)C)C1. The van der Waals surface area contributed by atoms with Crippen molar-refractivity contribution >= 4 is 11.9 Å². The lowest BCUT2D eigenvalue weighted by Gasteiger charge is -2.34. The van der Waals surface area contributed by atoms with Gasteiger partial charge in [0, 0.05) is 24.3 Å². The largest absolute Gasteiger partial charge is 0.451 e. The molecule has 1 atom stereocenters. The normalized spacial score (nSPS) is 18.5. The maximum absolute atomic E-state index is 12.8. The number of nitrogens with two attached hydrogens (primary N) is 1. The lowest BCUT2D eigenvalue weighted by molar-refractivity contribution is -0.145. The molecule has 1 aromatic heterocycles. The van der Waals surface area contributed by atoms with Crippen LogP contribution < -0.4 is 5.73 Å². The van der Waals surface area contributed by atoms with Crippen molar-refractivity contribution in [2.45, 2.75) is 65.2 Å². The van der Waals surface area contributed by atoms with Gasteiger partial charge in [0.05, 0.1) is 0 Å². The quantitative estimate of drug-likeness (QED) is 0.847. The van der Waals surface area contributed by atoms with E-state index in [0.29, 0.717) is 31.5 Å². The van der Waals surface area contributed by atoms with Gasteiger partial charge in [-0.1, -0.05) is 0 Å². The van der Waals surface area contributed by atoms with Crippen LogP contribution in [-0.2, 0) is 17.3 Å². The summed E-state index contributed by atoms with van der Waals surface area (Å²) < 4.78 is 43.7. The van der Waals surface area contributed by atoms with Gasteiger partial charge in [-0.3, -0.25) is 0 Å². The van der Waals surface area contributed by atoms with Crippen molar-refractivity contribution in [1.82, 2.24) is 14.9 Å². The fraction of sp³-hybridized carbons (Fsp3) is 0.722. The van der Waals surface area contributed by atoms with E-state index in [1.165, 1.54) is 6.92 Å². The summed E-state index contributed by atoms with van der Waals surface area (Å²) in [5.41, 5.74) is 5.98. The van der Waals surface area contributed by atoms with Crippen LogP contribution in [0, 0.1) is 12.8 Å². The molecular weight excluding hydrogens is 361 g/mol. The van der Waals surface area contributed by atoms with Crippen molar-refractivity contribution < 1.29 is 22.7 Å². The van der Waals surface area contributed by atoms with Gasteiger partial charge >= 0.3 is 12.3 Å². The molecule has 0 aliphatic carbocycles. The molecule has 1 aliphatic heterocycles. The molecule has 1 fully saturated rings. The summed E-state index contributed by atoms with van der Waals surface area (Å²) in [6.07, 6.45) is -1.97. The molecule has 9 heteroatoms. The van der Waals surface area contributed by atoms with E-state index in [4.69, 9.17) is 10.5 Å². The lowest BCUT2D eigenvalue weighted by Crippen LogP contribution is -2.43. The average Bonchev–Trinajstić information content (AvgIpc) is 2.51. The zero-order chi connectivity index (χ0) is 20.4. The zero-order valence-corrected chi connectivity index (χ0v) is 16.2. The van der Waals surface area contributed by atoms with E-state index < -0.39 is 17.6 Å². The molecule has 1 unspecified atom stereocenters. The molecule has 2 heterocycles. The number of ether oxygens (including phenoxy) is 1. The van der Waals surface area contributed by atoms with Gasteiger partial charge in [0.1, 0.15) is 11.4 Å². The second kappa shape index (κ2) is 7.90. The fourth-order valence-corrected chi connectivity index (χ4v) is 3.20.